The van der Waals surface area contributed by atoms with Crippen molar-refractivity contribution < 1.29 is 0 Å². The predicted molar refractivity (Wildman–Crippen MR) is 74.3 cm³/mol. The van der Waals surface area contributed by atoms with Crippen LogP contribution in [0.2, 0.25) is 0 Å². The van der Waals surface area contributed by atoms with Gasteiger partial charge in [-0.2, -0.15) is 0 Å². The molecule has 0 amide bonds. The van der Waals surface area contributed by atoms with Gasteiger partial charge in [0.1, 0.15) is 0 Å². The van der Waals surface area contributed by atoms with Crippen LogP contribution in [0.5, 0.6) is 0 Å². The Kier molecular flexibility index (Phi) is 5.12. The molecule has 0 aliphatic heterocycles. The Morgan fingerprint density at radius 2 is 2.00 bits per heavy atom. The van der Waals surface area contributed by atoms with Crippen LogP contribution in [-0.4, -0.2) is 28.5 Å². The molecule has 0 N–H and O–H groups in total. The third kappa shape index (κ3) is 4.37. The van der Waals surface area contributed by atoms with Crippen LogP contribution in [0.1, 0.15) is 49.9 Å². The van der Waals surface area contributed by atoms with Gasteiger partial charge in [0.15, 0.2) is 0 Å². The Morgan fingerprint density at radius 1 is 1.22 bits per heavy atom. The first kappa shape index (κ1) is 13.5. The van der Waals surface area contributed by atoms with Crippen LogP contribution in [-0.2, 0) is 6.54 Å². The summed E-state index contributed by atoms with van der Waals surface area (Å²) in [6, 6.07) is 0. The van der Waals surface area contributed by atoms with E-state index in [1.165, 1.54) is 45.1 Å². The molecule has 1 aliphatic rings. The average Bonchev–Trinajstić information content (AvgIpc) is 2.85. The summed E-state index contributed by atoms with van der Waals surface area (Å²) in [6.07, 6.45) is 12.3. The second kappa shape index (κ2) is 6.83. The van der Waals surface area contributed by atoms with Crippen molar-refractivity contribution in [3.8, 4) is 0 Å². The second-order valence-electron chi connectivity index (χ2n) is 5.68. The van der Waals surface area contributed by atoms with Crippen molar-refractivity contribution in [3.05, 3.63) is 23.8 Å². The van der Waals surface area contributed by atoms with Gasteiger partial charge in [-0.3, -0.25) is 9.97 Å². The summed E-state index contributed by atoms with van der Waals surface area (Å²) in [6.45, 7) is 4.06. The Morgan fingerprint density at radius 3 is 2.67 bits per heavy atom. The largest absolute Gasteiger partial charge is 0.300 e. The molecule has 0 radical (unpaired) electrons. The molecule has 2 rings (SSSR count). The van der Waals surface area contributed by atoms with Crippen LogP contribution >= 0.6 is 0 Å². The molecule has 3 nitrogen and oxygen atoms in total. The molecule has 1 fully saturated rings. The molecular weight excluding hydrogens is 222 g/mol. The molecule has 18 heavy (non-hydrogen) atoms. The highest BCUT2D eigenvalue weighted by molar-refractivity contribution is 5.00. The SMILES string of the molecule is Cc1cnc(CN(C)CCCC2CCCC2)cn1. The normalized spacial score (nSPS) is 16.6. The Labute approximate surface area is 111 Å². The maximum Gasteiger partial charge on any atom is 0.0726 e. The number of rotatable bonds is 6. The molecule has 1 aliphatic carbocycles. The van der Waals surface area contributed by atoms with Crippen LogP contribution < -0.4 is 0 Å². The summed E-state index contributed by atoms with van der Waals surface area (Å²) in [7, 11) is 2.18. The molecule has 0 saturated heterocycles. The molecule has 0 unspecified atom stereocenters. The molecule has 0 bridgehead atoms. The molecule has 1 saturated carbocycles. The number of hydrogen-bond acceptors (Lipinski definition) is 3. The zero-order valence-electron chi connectivity index (χ0n) is 11.7. The van der Waals surface area contributed by atoms with Crippen molar-refractivity contribution in [2.75, 3.05) is 13.6 Å². The third-order valence-electron chi connectivity index (χ3n) is 3.89. The highest BCUT2D eigenvalue weighted by Crippen LogP contribution is 2.28. The van der Waals surface area contributed by atoms with E-state index in [9.17, 15) is 0 Å². The predicted octanol–water partition coefficient (Wildman–Crippen LogP) is 3.19. The van der Waals surface area contributed by atoms with Crippen molar-refractivity contribution >= 4 is 0 Å². The van der Waals surface area contributed by atoms with Crippen LogP contribution in [0.25, 0.3) is 0 Å². The van der Waals surface area contributed by atoms with Gasteiger partial charge in [-0.25, -0.2) is 0 Å². The van der Waals surface area contributed by atoms with Gasteiger partial charge in [-0.15, -0.1) is 0 Å². The van der Waals surface area contributed by atoms with Gasteiger partial charge >= 0.3 is 0 Å². The van der Waals surface area contributed by atoms with E-state index in [1.54, 1.807) is 0 Å². The first-order valence-electron chi connectivity index (χ1n) is 7.20. The zero-order valence-corrected chi connectivity index (χ0v) is 11.7. The molecule has 0 spiro atoms. The minimum atomic E-state index is 0.915. The van der Waals surface area contributed by atoms with Crippen LogP contribution in [0.4, 0.5) is 0 Å². The monoisotopic (exact) mass is 247 g/mol. The highest BCUT2D eigenvalue weighted by Gasteiger charge is 2.14. The first-order chi connectivity index (χ1) is 8.74. The van der Waals surface area contributed by atoms with Crippen LogP contribution in [0.3, 0.4) is 0 Å². The highest BCUT2D eigenvalue weighted by atomic mass is 15.1. The van der Waals surface area contributed by atoms with Crippen molar-refractivity contribution in [3.63, 3.8) is 0 Å². The van der Waals surface area contributed by atoms with E-state index in [-0.39, 0.29) is 0 Å². The quantitative estimate of drug-likeness (QED) is 0.773. The molecule has 0 aromatic carbocycles. The number of aryl methyl sites for hydroxylation is 1. The van der Waals surface area contributed by atoms with Gasteiger partial charge in [0.2, 0.25) is 0 Å². The maximum atomic E-state index is 4.40. The lowest BCUT2D eigenvalue weighted by atomic mass is 10.0. The standard InChI is InChI=1S/C15H25N3/c1-13-10-17-15(11-16-13)12-18(2)9-5-8-14-6-3-4-7-14/h10-11,14H,3-9,12H2,1-2H3. The summed E-state index contributed by atoms with van der Waals surface area (Å²) < 4.78 is 0. The molecule has 100 valence electrons. The fourth-order valence-corrected chi connectivity index (χ4v) is 2.81. The van der Waals surface area contributed by atoms with Crippen molar-refractivity contribution in [1.29, 1.82) is 0 Å². The smallest absolute Gasteiger partial charge is 0.0726 e. The molecule has 3 heteroatoms. The number of nitrogens with zero attached hydrogens (tertiary/aromatic N) is 3. The van der Waals surface area contributed by atoms with Crippen molar-refractivity contribution in [2.45, 2.75) is 52.0 Å². The van der Waals surface area contributed by atoms with E-state index in [2.05, 4.69) is 21.9 Å². The van der Waals surface area contributed by atoms with E-state index in [0.717, 1.165) is 23.9 Å². The Hall–Kier alpha value is -0.960. The molecule has 0 atom stereocenters. The maximum absolute atomic E-state index is 4.40. The van der Waals surface area contributed by atoms with Crippen LogP contribution in [0.15, 0.2) is 12.4 Å². The minimum absolute atomic E-state index is 0.915. The molecule has 1 aromatic heterocycles. The van der Waals surface area contributed by atoms with Gasteiger partial charge in [-0.1, -0.05) is 25.7 Å². The summed E-state index contributed by atoms with van der Waals surface area (Å²) in [5.74, 6) is 1.01. The van der Waals surface area contributed by atoms with E-state index in [1.807, 2.05) is 19.3 Å². The van der Waals surface area contributed by atoms with Gasteiger partial charge < -0.3 is 4.90 Å². The lowest BCUT2D eigenvalue weighted by molar-refractivity contribution is 0.302. The summed E-state index contributed by atoms with van der Waals surface area (Å²) in [4.78, 5) is 11.0. The van der Waals surface area contributed by atoms with E-state index < -0.39 is 0 Å². The van der Waals surface area contributed by atoms with Crippen molar-refractivity contribution in [2.24, 2.45) is 5.92 Å². The molecular formula is C15H25N3. The van der Waals surface area contributed by atoms with E-state index in [0.29, 0.717) is 0 Å². The fraction of sp³-hybridized carbons (Fsp3) is 0.733. The first-order valence-corrected chi connectivity index (χ1v) is 7.20. The number of aromatic nitrogens is 2. The zero-order chi connectivity index (χ0) is 12.8. The third-order valence-corrected chi connectivity index (χ3v) is 3.89. The summed E-state index contributed by atoms with van der Waals surface area (Å²) >= 11 is 0. The van der Waals surface area contributed by atoms with Gasteiger partial charge in [0, 0.05) is 18.9 Å². The topological polar surface area (TPSA) is 29.0 Å². The van der Waals surface area contributed by atoms with Gasteiger partial charge in [0.25, 0.3) is 0 Å². The average molecular weight is 247 g/mol. The van der Waals surface area contributed by atoms with Gasteiger partial charge in [0.05, 0.1) is 11.4 Å². The van der Waals surface area contributed by atoms with Crippen molar-refractivity contribution in [1.82, 2.24) is 14.9 Å². The lowest BCUT2D eigenvalue weighted by Crippen LogP contribution is -2.20. The van der Waals surface area contributed by atoms with E-state index in [4.69, 9.17) is 0 Å². The summed E-state index contributed by atoms with van der Waals surface area (Å²) in [5.41, 5.74) is 2.06. The second-order valence-corrected chi connectivity index (χ2v) is 5.68. The van der Waals surface area contributed by atoms with E-state index >= 15 is 0 Å². The molecule has 1 aromatic rings. The Bertz CT molecular complexity index is 341. The fourth-order valence-electron chi connectivity index (χ4n) is 2.81. The van der Waals surface area contributed by atoms with Gasteiger partial charge in [-0.05, 0) is 39.3 Å². The summed E-state index contributed by atoms with van der Waals surface area (Å²) in [5, 5.41) is 0. The van der Waals surface area contributed by atoms with Crippen LogP contribution in [0, 0.1) is 12.8 Å². The number of hydrogen-bond donors (Lipinski definition) is 0. The Balaban J connectivity index is 1.65. The lowest BCUT2D eigenvalue weighted by Gasteiger charge is -2.17. The minimum Gasteiger partial charge on any atom is -0.300 e. The molecule has 1 heterocycles.